The fourth-order valence-electron chi connectivity index (χ4n) is 3.97. The molecule has 154 valence electrons. The van der Waals surface area contributed by atoms with Crippen LogP contribution in [-0.2, 0) is 0 Å². The lowest BCUT2D eigenvalue weighted by Gasteiger charge is -2.32. The number of nitrogens with one attached hydrogen (secondary N) is 1. The van der Waals surface area contributed by atoms with Gasteiger partial charge in [0, 0.05) is 55.1 Å². The molecule has 0 saturated carbocycles. The second kappa shape index (κ2) is 9.21. The summed E-state index contributed by atoms with van der Waals surface area (Å²) in [7, 11) is 4.22. The first-order valence-corrected chi connectivity index (χ1v) is 10.9. The van der Waals surface area contributed by atoms with Crippen molar-refractivity contribution >= 4 is 53.7 Å². The molecule has 0 bridgehead atoms. The second-order valence-corrected chi connectivity index (χ2v) is 8.60. The highest BCUT2D eigenvalue weighted by atomic mass is 35.5. The van der Waals surface area contributed by atoms with Gasteiger partial charge in [-0.2, -0.15) is 0 Å². The van der Waals surface area contributed by atoms with Gasteiger partial charge in [0.2, 0.25) is 0 Å². The third-order valence-electron chi connectivity index (χ3n) is 5.83. The molecule has 2 heterocycles. The van der Waals surface area contributed by atoms with Gasteiger partial charge in [0.25, 0.3) is 0 Å². The molecule has 0 amide bonds. The van der Waals surface area contributed by atoms with E-state index in [1.165, 1.54) is 5.46 Å². The van der Waals surface area contributed by atoms with Crippen molar-refractivity contribution in [2.45, 2.75) is 6.42 Å². The fraction of sp³-hybridized carbons (Fsp3) is 0.292. The van der Waals surface area contributed by atoms with Crippen LogP contribution in [0.2, 0.25) is 5.02 Å². The van der Waals surface area contributed by atoms with Crippen LogP contribution in [0.15, 0.2) is 42.5 Å². The number of carbonyl (C=O) groups excluding carboxylic acids is 1. The number of hydrogen-bond donors (Lipinski definition) is 1. The van der Waals surface area contributed by atoms with Crippen LogP contribution in [0.4, 0.5) is 0 Å². The zero-order chi connectivity index (χ0) is 21.1. The van der Waals surface area contributed by atoms with Gasteiger partial charge in [0.15, 0.2) is 5.78 Å². The van der Waals surface area contributed by atoms with E-state index in [1.807, 2.05) is 36.4 Å². The molecule has 0 atom stereocenters. The summed E-state index contributed by atoms with van der Waals surface area (Å²) >= 11 is 5.99. The van der Waals surface area contributed by atoms with Crippen molar-refractivity contribution in [2.75, 3.05) is 39.8 Å². The minimum Gasteiger partial charge on any atom is -0.354 e. The van der Waals surface area contributed by atoms with Crippen molar-refractivity contribution in [3.05, 3.63) is 64.3 Å². The SMILES string of the molecule is Bc1ccc2c(C(=O)CCN3CCN(C)CC3)c(/C=C/c3ccc(Cl)cc3)[nH]c2c1. The minimum atomic E-state index is 0.194. The lowest BCUT2D eigenvalue weighted by molar-refractivity contribution is 0.0943. The van der Waals surface area contributed by atoms with Gasteiger partial charge in [0.05, 0.1) is 11.3 Å². The van der Waals surface area contributed by atoms with E-state index in [0.29, 0.717) is 11.4 Å². The number of nitrogens with zero attached hydrogens (tertiary/aromatic N) is 2. The maximum Gasteiger partial charge on any atom is 0.166 e. The minimum absolute atomic E-state index is 0.194. The monoisotopic (exact) mass is 419 g/mol. The third kappa shape index (κ3) is 4.86. The predicted octanol–water partition coefficient (Wildman–Crippen LogP) is 3.07. The number of aromatic nitrogens is 1. The van der Waals surface area contributed by atoms with Gasteiger partial charge < -0.3 is 14.8 Å². The molecule has 4 nitrogen and oxygen atoms in total. The third-order valence-corrected chi connectivity index (χ3v) is 6.08. The Kier molecular flexibility index (Phi) is 6.42. The van der Waals surface area contributed by atoms with Gasteiger partial charge in [-0.1, -0.05) is 47.4 Å². The van der Waals surface area contributed by atoms with E-state index in [9.17, 15) is 4.79 Å². The van der Waals surface area contributed by atoms with Gasteiger partial charge in [-0.3, -0.25) is 4.79 Å². The summed E-state index contributed by atoms with van der Waals surface area (Å²) in [5, 5.41) is 1.72. The Balaban J connectivity index is 1.59. The van der Waals surface area contributed by atoms with E-state index in [-0.39, 0.29) is 5.78 Å². The van der Waals surface area contributed by atoms with Gasteiger partial charge in [0.1, 0.15) is 7.85 Å². The van der Waals surface area contributed by atoms with E-state index >= 15 is 0 Å². The van der Waals surface area contributed by atoms with Crippen molar-refractivity contribution in [1.82, 2.24) is 14.8 Å². The highest BCUT2D eigenvalue weighted by molar-refractivity contribution is 6.33. The number of carbonyl (C=O) groups is 1. The molecule has 1 fully saturated rings. The number of fused-ring (bicyclic) bond motifs is 1. The molecule has 3 aromatic rings. The van der Waals surface area contributed by atoms with Crippen LogP contribution in [0.5, 0.6) is 0 Å². The van der Waals surface area contributed by atoms with Crippen LogP contribution < -0.4 is 5.46 Å². The molecule has 0 radical (unpaired) electrons. The summed E-state index contributed by atoms with van der Waals surface area (Å²) < 4.78 is 0. The van der Waals surface area contributed by atoms with Crippen LogP contribution in [-0.4, -0.2) is 68.2 Å². The number of rotatable bonds is 6. The summed E-state index contributed by atoms with van der Waals surface area (Å²) in [6.07, 6.45) is 4.55. The summed E-state index contributed by atoms with van der Waals surface area (Å²) in [6, 6.07) is 13.9. The molecule has 1 aromatic heterocycles. The average Bonchev–Trinajstić information content (AvgIpc) is 3.10. The Morgan fingerprint density at radius 2 is 1.83 bits per heavy atom. The van der Waals surface area contributed by atoms with Crippen LogP contribution in [0.25, 0.3) is 23.1 Å². The lowest BCUT2D eigenvalue weighted by Crippen LogP contribution is -2.45. The number of aromatic amines is 1. The first-order chi connectivity index (χ1) is 14.5. The molecule has 1 N–H and O–H groups in total. The largest absolute Gasteiger partial charge is 0.354 e. The number of hydrogen-bond acceptors (Lipinski definition) is 3. The van der Waals surface area contributed by atoms with Crippen molar-refractivity contribution in [3.63, 3.8) is 0 Å². The summed E-state index contributed by atoms with van der Waals surface area (Å²) in [5.74, 6) is 0.194. The molecule has 4 rings (SSSR count). The molecule has 6 heteroatoms. The zero-order valence-electron chi connectivity index (χ0n) is 17.6. The Hall–Kier alpha value is -2.34. The van der Waals surface area contributed by atoms with Crippen LogP contribution in [0, 0.1) is 0 Å². The number of benzene rings is 2. The van der Waals surface area contributed by atoms with Crippen molar-refractivity contribution in [1.29, 1.82) is 0 Å². The zero-order valence-corrected chi connectivity index (χ0v) is 18.4. The molecule has 1 saturated heterocycles. The number of likely N-dealkylation sites (N-methyl/N-ethyl adjacent to an activating group) is 1. The quantitative estimate of drug-likeness (QED) is 0.493. The maximum atomic E-state index is 13.3. The topological polar surface area (TPSA) is 39.3 Å². The maximum absolute atomic E-state index is 13.3. The first-order valence-electron chi connectivity index (χ1n) is 10.5. The second-order valence-electron chi connectivity index (χ2n) is 8.17. The summed E-state index contributed by atoms with van der Waals surface area (Å²) in [6.45, 7) is 5.00. The number of H-pyrrole nitrogens is 1. The normalized spacial score (nSPS) is 15.9. The molecule has 0 aliphatic carbocycles. The number of ketones is 1. The Morgan fingerprint density at radius 3 is 2.57 bits per heavy atom. The molecule has 30 heavy (non-hydrogen) atoms. The summed E-state index contributed by atoms with van der Waals surface area (Å²) in [4.78, 5) is 21.5. The van der Waals surface area contributed by atoms with E-state index in [0.717, 1.165) is 60.4 Å². The van der Waals surface area contributed by atoms with E-state index in [2.05, 4.69) is 47.9 Å². The molecular weight excluding hydrogens is 393 g/mol. The lowest BCUT2D eigenvalue weighted by atomic mass is 9.94. The number of halogens is 1. The van der Waals surface area contributed by atoms with Crippen LogP contribution >= 0.6 is 11.6 Å². The van der Waals surface area contributed by atoms with Gasteiger partial charge in [-0.05, 0) is 36.9 Å². The average molecular weight is 420 g/mol. The fourth-order valence-corrected chi connectivity index (χ4v) is 4.09. The smallest absolute Gasteiger partial charge is 0.166 e. The van der Waals surface area contributed by atoms with E-state index in [4.69, 9.17) is 11.6 Å². The van der Waals surface area contributed by atoms with Gasteiger partial charge in [-0.15, -0.1) is 0 Å². The molecule has 2 aromatic carbocycles. The molecule has 0 spiro atoms. The number of Topliss-reactive ketones (excluding diaryl/α,β-unsaturated/α-hetero) is 1. The van der Waals surface area contributed by atoms with Crippen LogP contribution in [0.1, 0.15) is 28.0 Å². The van der Waals surface area contributed by atoms with Crippen LogP contribution in [0.3, 0.4) is 0 Å². The van der Waals surface area contributed by atoms with Gasteiger partial charge in [-0.25, -0.2) is 0 Å². The number of piperazine rings is 1. The Labute approximate surface area is 183 Å². The van der Waals surface area contributed by atoms with E-state index in [1.54, 1.807) is 0 Å². The first kappa shape index (κ1) is 20.9. The highest BCUT2D eigenvalue weighted by Crippen LogP contribution is 2.25. The molecule has 0 unspecified atom stereocenters. The molecule has 1 aliphatic rings. The molecular formula is C24H27BClN3O. The Morgan fingerprint density at radius 1 is 1.10 bits per heavy atom. The van der Waals surface area contributed by atoms with Crippen molar-refractivity contribution in [2.24, 2.45) is 0 Å². The standard InChI is InChI=1S/C24H27BClN3O/c1-28-12-14-29(15-13-28)11-10-23(30)24-20-8-5-18(25)16-22(20)27-21(24)9-4-17-2-6-19(26)7-3-17/h2-9,16,27H,10-15,25H2,1H3/b9-4+. The Bertz CT molecular complexity index is 1070. The van der Waals surface area contributed by atoms with E-state index < -0.39 is 0 Å². The predicted molar refractivity (Wildman–Crippen MR) is 130 cm³/mol. The summed E-state index contributed by atoms with van der Waals surface area (Å²) in [5.41, 5.74) is 4.89. The highest BCUT2D eigenvalue weighted by Gasteiger charge is 2.19. The van der Waals surface area contributed by atoms with Crippen molar-refractivity contribution < 1.29 is 4.79 Å². The molecule has 1 aliphatic heterocycles. The van der Waals surface area contributed by atoms with Crippen molar-refractivity contribution in [3.8, 4) is 0 Å². The van der Waals surface area contributed by atoms with Gasteiger partial charge >= 0.3 is 0 Å².